The maximum Gasteiger partial charge on any atom is 0.501 e. The first kappa shape index (κ1) is 30.7. The van der Waals surface area contributed by atoms with Gasteiger partial charge in [0.2, 0.25) is 5.91 Å². The summed E-state index contributed by atoms with van der Waals surface area (Å²) in [6.45, 7) is 0. The van der Waals surface area contributed by atoms with Gasteiger partial charge in [-0.25, -0.2) is 17.6 Å². The second-order valence-electron chi connectivity index (χ2n) is 10.2. The zero-order valence-corrected chi connectivity index (χ0v) is 23.4. The second-order valence-corrected chi connectivity index (χ2v) is 12.2. The van der Waals surface area contributed by atoms with Crippen LogP contribution < -0.4 is 15.4 Å². The Labute approximate surface area is 247 Å². The lowest BCUT2D eigenvalue weighted by Gasteiger charge is -2.28. The van der Waals surface area contributed by atoms with Gasteiger partial charge in [0.25, 0.3) is 15.7 Å². The number of ether oxygens (including phenoxy) is 1. The molecule has 2 aliphatic carbocycles. The lowest BCUT2D eigenvalue weighted by molar-refractivity contribution is -0.121. The molecule has 1 aromatic heterocycles. The Morgan fingerprint density at radius 3 is 2.41 bits per heavy atom. The molecule has 1 heterocycles. The molecular formula is C29H23F4N3O7S. The number of sulfone groups is 1. The number of aromatic carboxylic acids is 1. The molecule has 4 unspecified atom stereocenters. The molecular weight excluding hydrogens is 610 g/mol. The zero-order valence-electron chi connectivity index (χ0n) is 22.6. The fourth-order valence-electron chi connectivity index (χ4n) is 5.48. The normalized spacial score (nSPS) is 20.8. The Morgan fingerprint density at radius 1 is 1.05 bits per heavy atom. The van der Waals surface area contributed by atoms with Gasteiger partial charge in [0.05, 0.1) is 34.7 Å². The summed E-state index contributed by atoms with van der Waals surface area (Å²) >= 11 is 0. The predicted molar refractivity (Wildman–Crippen MR) is 147 cm³/mol. The summed E-state index contributed by atoms with van der Waals surface area (Å²) < 4.78 is 83.0. The highest BCUT2D eigenvalue weighted by molar-refractivity contribution is 7.92. The van der Waals surface area contributed by atoms with E-state index in [2.05, 4.69) is 15.6 Å². The van der Waals surface area contributed by atoms with Crippen molar-refractivity contribution < 1.29 is 50.2 Å². The summed E-state index contributed by atoms with van der Waals surface area (Å²) in [6.07, 6.45) is 5.17. The van der Waals surface area contributed by atoms with Crippen molar-refractivity contribution in [3.05, 3.63) is 83.8 Å². The van der Waals surface area contributed by atoms with Crippen LogP contribution in [0.15, 0.2) is 71.8 Å². The number of methoxy groups -OCH3 is 1. The van der Waals surface area contributed by atoms with Gasteiger partial charge >= 0.3 is 11.5 Å². The smallest absolute Gasteiger partial charge is 0.496 e. The van der Waals surface area contributed by atoms with Crippen molar-refractivity contribution in [1.82, 2.24) is 10.3 Å². The van der Waals surface area contributed by atoms with E-state index in [0.717, 1.165) is 24.4 Å². The summed E-state index contributed by atoms with van der Waals surface area (Å²) in [5.74, 6) is -4.96. The van der Waals surface area contributed by atoms with Gasteiger partial charge in [0.15, 0.2) is 0 Å². The molecule has 230 valence electrons. The van der Waals surface area contributed by atoms with Crippen molar-refractivity contribution in [2.45, 2.75) is 22.9 Å². The van der Waals surface area contributed by atoms with Gasteiger partial charge in [-0.2, -0.15) is 13.2 Å². The number of aromatic nitrogens is 1. The Balaban J connectivity index is 1.40. The van der Waals surface area contributed by atoms with Gasteiger partial charge in [0, 0.05) is 29.6 Å². The van der Waals surface area contributed by atoms with Crippen molar-refractivity contribution in [3.8, 4) is 17.0 Å². The van der Waals surface area contributed by atoms with E-state index >= 15 is 0 Å². The molecule has 10 nitrogen and oxygen atoms in total. The lowest BCUT2D eigenvalue weighted by Crippen LogP contribution is -2.47. The molecule has 44 heavy (non-hydrogen) atoms. The van der Waals surface area contributed by atoms with Crippen molar-refractivity contribution in [1.29, 1.82) is 0 Å². The standard InChI is InChI=1S/C29H23F4N3O7S/c1-43-23-12-21(30)19(22-8-7-16(13-34-22)28(39)40)11-20(23)26(37)36-25-15-6-5-14(9-15)24(25)27(38)35-17-3-2-4-18(10-17)44(41,42)29(31,32)33/h2-8,10-15,24-25H,9H2,1H3,(H,35,38)(H,36,37)(H,39,40). The third-order valence-corrected chi connectivity index (χ3v) is 9.08. The number of nitrogens with one attached hydrogen (secondary N) is 2. The topological polar surface area (TPSA) is 152 Å². The molecule has 0 saturated heterocycles. The number of alkyl halides is 3. The first-order valence-corrected chi connectivity index (χ1v) is 14.5. The maximum atomic E-state index is 15.0. The molecule has 0 radical (unpaired) electrons. The zero-order chi connectivity index (χ0) is 32.0. The number of hydrogen-bond acceptors (Lipinski definition) is 7. The SMILES string of the molecule is COc1cc(F)c(-c2ccc(C(=O)O)cn2)cc1C(=O)NC1C2C=CC(C2)C1C(=O)Nc1cccc(S(=O)(=O)C(F)(F)F)c1. The minimum Gasteiger partial charge on any atom is -0.496 e. The quantitative estimate of drug-likeness (QED) is 0.243. The van der Waals surface area contributed by atoms with E-state index < -0.39 is 55.8 Å². The van der Waals surface area contributed by atoms with Crippen molar-refractivity contribution in [2.75, 3.05) is 12.4 Å². The number of nitrogens with zero attached hydrogens (tertiary/aromatic N) is 1. The van der Waals surface area contributed by atoms with E-state index in [9.17, 15) is 40.4 Å². The molecule has 1 saturated carbocycles. The Morgan fingerprint density at radius 2 is 1.77 bits per heavy atom. The Kier molecular flexibility index (Phi) is 7.92. The Hall–Kier alpha value is -4.79. The van der Waals surface area contributed by atoms with Gasteiger partial charge in [-0.15, -0.1) is 0 Å². The van der Waals surface area contributed by atoms with Crippen LogP contribution in [0.2, 0.25) is 0 Å². The molecule has 2 amide bonds. The predicted octanol–water partition coefficient (Wildman–Crippen LogP) is 4.45. The van der Waals surface area contributed by atoms with Crippen molar-refractivity contribution in [2.24, 2.45) is 17.8 Å². The number of anilines is 1. The van der Waals surface area contributed by atoms with Crippen LogP contribution in [0.25, 0.3) is 11.3 Å². The van der Waals surface area contributed by atoms with Crippen LogP contribution >= 0.6 is 0 Å². The number of carbonyl (C=O) groups is 3. The van der Waals surface area contributed by atoms with E-state index in [-0.39, 0.29) is 45.7 Å². The third kappa shape index (κ3) is 5.62. The molecule has 0 spiro atoms. The number of amides is 2. The fourth-order valence-corrected chi connectivity index (χ4v) is 6.29. The number of carboxylic acid groups (broad SMARTS) is 1. The number of fused-ring (bicyclic) bond motifs is 2. The van der Waals surface area contributed by atoms with Crippen LogP contribution in [0.5, 0.6) is 5.75 Å². The van der Waals surface area contributed by atoms with Crippen LogP contribution in [0.3, 0.4) is 0 Å². The summed E-state index contributed by atoms with van der Waals surface area (Å²) in [4.78, 5) is 41.0. The monoisotopic (exact) mass is 633 g/mol. The summed E-state index contributed by atoms with van der Waals surface area (Å²) in [5.41, 5.74) is -5.97. The van der Waals surface area contributed by atoms with E-state index in [1.54, 1.807) is 6.08 Å². The first-order valence-electron chi connectivity index (χ1n) is 13.0. The molecule has 15 heteroatoms. The minimum absolute atomic E-state index is 0.0547. The number of rotatable bonds is 8. The van der Waals surface area contributed by atoms with E-state index in [4.69, 9.17) is 9.84 Å². The number of benzene rings is 2. The molecule has 0 aliphatic heterocycles. The first-order chi connectivity index (χ1) is 20.7. The molecule has 2 aromatic carbocycles. The number of halogens is 4. The van der Waals surface area contributed by atoms with Crippen LogP contribution in [-0.4, -0.2) is 55.0 Å². The largest absolute Gasteiger partial charge is 0.501 e. The van der Waals surface area contributed by atoms with Crippen LogP contribution in [0, 0.1) is 23.6 Å². The number of allylic oxidation sites excluding steroid dienone is 1. The summed E-state index contributed by atoms with van der Waals surface area (Å²) in [6, 6.07) is 7.69. The number of pyridine rings is 1. The minimum atomic E-state index is -5.65. The second kappa shape index (κ2) is 11.4. The van der Waals surface area contributed by atoms with Gasteiger partial charge in [-0.05, 0) is 54.7 Å². The van der Waals surface area contributed by atoms with Gasteiger partial charge in [-0.3, -0.25) is 14.6 Å². The highest BCUT2D eigenvalue weighted by atomic mass is 32.2. The van der Waals surface area contributed by atoms with Crippen LogP contribution in [-0.2, 0) is 14.6 Å². The van der Waals surface area contributed by atoms with Gasteiger partial charge in [-0.1, -0.05) is 18.2 Å². The highest BCUT2D eigenvalue weighted by Gasteiger charge is 2.49. The molecule has 1 fully saturated rings. The van der Waals surface area contributed by atoms with E-state index in [1.807, 2.05) is 6.08 Å². The Bertz CT molecular complexity index is 1790. The number of hydrogen-bond donors (Lipinski definition) is 3. The highest BCUT2D eigenvalue weighted by Crippen LogP contribution is 2.45. The molecule has 2 aliphatic rings. The molecule has 3 aromatic rings. The molecule has 5 rings (SSSR count). The van der Waals surface area contributed by atoms with E-state index in [1.165, 1.54) is 31.4 Å². The van der Waals surface area contributed by atoms with Crippen molar-refractivity contribution in [3.63, 3.8) is 0 Å². The molecule has 4 atom stereocenters. The lowest BCUT2D eigenvalue weighted by atomic mass is 9.87. The van der Waals surface area contributed by atoms with Gasteiger partial charge in [0.1, 0.15) is 11.6 Å². The average Bonchev–Trinajstić information content (AvgIpc) is 3.58. The fraction of sp³-hybridized carbons (Fsp3) is 0.241. The third-order valence-electron chi connectivity index (χ3n) is 7.60. The summed E-state index contributed by atoms with van der Waals surface area (Å²) in [7, 11) is -4.42. The average molecular weight is 634 g/mol. The van der Waals surface area contributed by atoms with Crippen molar-refractivity contribution >= 4 is 33.3 Å². The molecule has 3 N–H and O–H groups in total. The summed E-state index contributed by atoms with van der Waals surface area (Å²) in [5, 5.41) is 14.4. The van der Waals surface area contributed by atoms with E-state index in [0.29, 0.717) is 12.5 Å². The van der Waals surface area contributed by atoms with Crippen LogP contribution in [0.1, 0.15) is 27.1 Å². The van der Waals surface area contributed by atoms with Crippen LogP contribution in [0.4, 0.5) is 23.2 Å². The maximum absolute atomic E-state index is 15.0. The van der Waals surface area contributed by atoms with Gasteiger partial charge < -0.3 is 20.5 Å². The number of carbonyl (C=O) groups excluding carboxylic acids is 2. The molecule has 2 bridgehead atoms. The number of carboxylic acids is 1.